The summed E-state index contributed by atoms with van der Waals surface area (Å²) in [5.74, 6) is 1.10. The minimum atomic E-state index is 0.369. The summed E-state index contributed by atoms with van der Waals surface area (Å²) in [4.78, 5) is 10.0. The summed E-state index contributed by atoms with van der Waals surface area (Å²) in [7, 11) is 0. The zero-order chi connectivity index (χ0) is 26.7. The molecule has 0 radical (unpaired) electrons. The van der Waals surface area contributed by atoms with Gasteiger partial charge >= 0.3 is 0 Å². The van der Waals surface area contributed by atoms with Crippen LogP contribution in [-0.2, 0) is 0 Å². The molecule has 1 aliphatic carbocycles. The molecule has 0 spiro atoms. The molecule has 0 aliphatic heterocycles. The fourth-order valence-corrected chi connectivity index (χ4v) is 5.71. The number of benzene rings is 5. The molecule has 1 aliphatic rings. The van der Waals surface area contributed by atoms with E-state index >= 15 is 0 Å². The quantitative estimate of drug-likeness (QED) is 0.230. The molecule has 0 bridgehead atoms. The molecule has 2 nitrogen and oxygen atoms in total. The van der Waals surface area contributed by atoms with Crippen molar-refractivity contribution in [2.24, 2.45) is 0 Å². The molecule has 6 aromatic rings. The summed E-state index contributed by atoms with van der Waals surface area (Å²) in [6, 6.07) is 51.1. The van der Waals surface area contributed by atoms with Crippen molar-refractivity contribution in [3.63, 3.8) is 0 Å². The topological polar surface area (TPSA) is 25.8 Å². The SMILES string of the molecule is C1=C(c2cccc(-c3cc(-c4ccccc4)nc(-c4ccccc4)n3)c2)c2ccccc2C(c2ccccc2)C1. The summed E-state index contributed by atoms with van der Waals surface area (Å²) in [6.45, 7) is 0. The van der Waals surface area contributed by atoms with Gasteiger partial charge in [-0.05, 0) is 46.4 Å². The standard InChI is InChI=1S/C38H28N2/c1-4-13-27(14-5-1)32-23-24-33(35-22-11-10-21-34(32)35)30-19-12-20-31(25-30)37-26-36(28-15-6-2-7-16-28)39-38(40-37)29-17-8-3-9-18-29/h1-22,24-26,32H,23H2. The van der Waals surface area contributed by atoms with Gasteiger partial charge in [-0.3, -0.25) is 0 Å². The number of fused-ring (bicyclic) bond motifs is 1. The fourth-order valence-electron chi connectivity index (χ4n) is 5.71. The van der Waals surface area contributed by atoms with E-state index < -0.39 is 0 Å². The minimum Gasteiger partial charge on any atom is -0.228 e. The van der Waals surface area contributed by atoms with Crippen molar-refractivity contribution in [2.75, 3.05) is 0 Å². The van der Waals surface area contributed by atoms with Gasteiger partial charge in [0.15, 0.2) is 5.82 Å². The number of hydrogen-bond donors (Lipinski definition) is 0. The van der Waals surface area contributed by atoms with Crippen LogP contribution in [0, 0.1) is 0 Å². The van der Waals surface area contributed by atoms with E-state index in [-0.39, 0.29) is 0 Å². The Bertz CT molecular complexity index is 1750. The van der Waals surface area contributed by atoms with Crippen LogP contribution in [0.4, 0.5) is 0 Å². The zero-order valence-electron chi connectivity index (χ0n) is 22.1. The highest BCUT2D eigenvalue weighted by Crippen LogP contribution is 2.41. The molecule has 7 rings (SSSR count). The Kier molecular flexibility index (Phi) is 6.35. The normalized spacial score (nSPS) is 14.3. The van der Waals surface area contributed by atoms with Gasteiger partial charge < -0.3 is 0 Å². The summed E-state index contributed by atoms with van der Waals surface area (Å²) in [6.07, 6.45) is 3.38. The van der Waals surface area contributed by atoms with E-state index in [1.54, 1.807) is 0 Å². The van der Waals surface area contributed by atoms with Crippen LogP contribution in [0.3, 0.4) is 0 Å². The molecule has 1 atom stereocenters. The molecule has 2 heteroatoms. The molecule has 1 heterocycles. The lowest BCUT2D eigenvalue weighted by atomic mass is 9.77. The average Bonchev–Trinajstić information content (AvgIpc) is 3.05. The predicted molar refractivity (Wildman–Crippen MR) is 165 cm³/mol. The van der Waals surface area contributed by atoms with Gasteiger partial charge in [0.25, 0.3) is 0 Å². The van der Waals surface area contributed by atoms with E-state index in [4.69, 9.17) is 9.97 Å². The molecule has 5 aromatic carbocycles. The van der Waals surface area contributed by atoms with Gasteiger partial charge in [0.1, 0.15) is 0 Å². The summed E-state index contributed by atoms with van der Waals surface area (Å²) in [5, 5.41) is 0. The third-order valence-corrected chi connectivity index (χ3v) is 7.68. The van der Waals surface area contributed by atoms with Gasteiger partial charge in [-0.25, -0.2) is 9.97 Å². The van der Waals surface area contributed by atoms with Gasteiger partial charge in [0, 0.05) is 22.6 Å². The molecular weight excluding hydrogens is 484 g/mol. The number of aromatic nitrogens is 2. The second-order valence-corrected chi connectivity index (χ2v) is 10.2. The van der Waals surface area contributed by atoms with Gasteiger partial charge in [-0.1, -0.05) is 140 Å². The van der Waals surface area contributed by atoms with Crippen molar-refractivity contribution in [1.82, 2.24) is 9.97 Å². The summed E-state index contributed by atoms with van der Waals surface area (Å²) >= 11 is 0. The molecule has 0 saturated heterocycles. The van der Waals surface area contributed by atoms with Crippen LogP contribution >= 0.6 is 0 Å². The predicted octanol–water partition coefficient (Wildman–Crippen LogP) is 9.44. The fraction of sp³-hybridized carbons (Fsp3) is 0.0526. The van der Waals surface area contributed by atoms with Gasteiger partial charge in [-0.15, -0.1) is 0 Å². The maximum atomic E-state index is 5.05. The first-order valence-corrected chi connectivity index (χ1v) is 13.8. The highest BCUT2D eigenvalue weighted by Gasteiger charge is 2.23. The van der Waals surface area contributed by atoms with E-state index in [0.29, 0.717) is 5.92 Å². The Balaban J connectivity index is 1.32. The number of rotatable bonds is 5. The monoisotopic (exact) mass is 512 g/mol. The summed E-state index contributed by atoms with van der Waals surface area (Å²) in [5.41, 5.74) is 11.5. The smallest absolute Gasteiger partial charge is 0.160 e. The van der Waals surface area contributed by atoms with Crippen LogP contribution in [0.5, 0.6) is 0 Å². The number of nitrogens with zero attached hydrogens (tertiary/aromatic N) is 2. The molecule has 1 aromatic heterocycles. The second-order valence-electron chi connectivity index (χ2n) is 10.2. The van der Waals surface area contributed by atoms with E-state index in [2.05, 4.69) is 127 Å². The molecule has 0 fully saturated rings. The van der Waals surface area contributed by atoms with Crippen molar-refractivity contribution < 1.29 is 0 Å². The third-order valence-electron chi connectivity index (χ3n) is 7.68. The first-order chi connectivity index (χ1) is 19.8. The lowest BCUT2D eigenvalue weighted by Gasteiger charge is -2.26. The van der Waals surface area contributed by atoms with Gasteiger partial charge in [0.05, 0.1) is 11.4 Å². The van der Waals surface area contributed by atoms with Crippen molar-refractivity contribution in [2.45, 2.75) is 12.3 Å². The Morgan fingerprint density at radius 3 is 1.80 bits per heavy atom. The molecule has 190 valence electrons. The van der Waals surface area contributed by atoms with Crippen LogP contribution in [-0.4, -0.2) is 9.97 Å². The third kappa shape index (κ3) is 4.65. The van der Waals surface area contributed by atoms with Crippen LogP contribution in [0.25, 0.3) is 39.5 Å². The average molecular weight is 513 g/mol. The first-order valence-electron chi connectivity index (χ1n) is 13.8. The molecule has 40 heavy (non-hydrogen) atoms. The van der Waals surface area contributed by atoms with Crippen molar-refractivity contribution in [1.29, 1.82) is 0 Å². The van der Waals surface area contributed by atoms with Gasteiger partial charge in [0.2, 0.25) is 0 Å². The van der Waals surface area contributed by atoms with E-state index in [1.165, 1.54) is 27.8 Å². The Morgan fingerprint density at radius 1 is 0.475 bits per heavy atom. The van der Waals surface area contributed by atoms with Gasteiger partial charge in [-0.2, -0.15) is 0 Å². The van der Waals surface area contributed by atoms with E-state index in [0.717, 1.165) is 40.3 Å². The molecule has 0 amide bonds. The first kappa shape index (κ1) is 24.0. The molecule has 1 unspecified atom stereocenters. The maximum Gasteiger partial charge on any atom is 0.160 e. The molecule has 0 N–H and O–H groups in total. The van der Waals surface area contributed by atoms with Crippen LogP contribution < -0.4 is 0 Å². The zero-order valence-corrected chi connectivity index (χ0v) is 22.1. The minimum absolute atomic E-state index is 0.369. The van der Waals surface area contributed by atoms with Crippen LogP contribution in [0.2, 0.25) is 0 Å². The van der Waals surface area contributed by atoms with E-state index in [9.17, 15) is 0 Å². The second kappa shape index (κ2) is 10.6. The molecule has 0 saturated carbocycles. The Hall–Kier alpha value is -5.08. The largest absolute Gasteiger partial charge is 0.228 e. The Labute approximate surface area is 235 Å². The number of allylic oxidation sites excluding steroid dienone is 1. The maximum absolute atomic E-state index is 5.05. The van der Waals surface area contributed by atoms with Crippen LogP contribution in [0.15, 0.2) is 152 Å². The highest BCUT2D eigenvalue weighted by molar-refractivity contribution is 5.85. The van der Waals surface area contributed by atoms with Crippen molar-refractivity contribution >= 4 is 5.57 Å². The number of hydrogen-bond acceptors (Lipinski definition) is 2. The highest BCUT2D eigenvalue weighted by atomic mass is 14.9. The lowest BCUT2D eigenvalue weighted by molar-refractivity contribution is 0.815. The Morgan fingerprint density at radius 2 is 1.05 bits per heavy atom. The lowest BCUT2D eigenvalue weighted by Crippen LogP contribution is -2.09. The van der Waals surface area contributed by atoms with Crippen LogP contribution in [0.1, 0.15) is 34.6 Å². The van der Waals surface area contributed by atoms with Crippen molar-refractivity contribution in [3.8, 4) is 33.9 Å². The summed E-state index contributed by atoms with van der Waals surface area (Å²) < 4.78 is 0. The van der Waals surface area contributed by atoms with Crippen molar-refractivity contribution in [3.05, 3.63) is 174 Å². The van der Waals surface area contributed by atoms with E-state index in [1.807, 2.05) is 24.3 Å². The molecular formula is C38H28N2.